The Labute approximate surface area is 82.0 Å². The minimum Gasteiger partial charge on any atom is -0.382 e. The highest BCUT2D eigenvalue weighted by molar-refractivity contribution is 5.75. The lowest BCUT2D eigenvalue weighted by atomic mass is 10.1. The number of hydrogen-bond donors (Lipinski definition) is 1. The molecule has 0 aromatic heterocycles. The maximum absolute atomic E-state index is 8.87. The summed E-state index contributed by atoms with van der Waals surface area (Å²) in [5.41, 5.74) is 2.28. The van der Waals surface area contributed by atoms with Gasteiger partial charge in [0.25, 0.3) is 0 Å². The first-order valence-corrected chi connectivity index (χ1v) is 4.30. The molecule has 0 unspecified atom stereocenters. The van der Waals surface area contributed by atoms with Gasteiger partial charge in [-0.1, -0.05) is 0 Å². The van der Waals surface area contributed by atoms with Crippen molar-refractivity contribution in [1.82, 2.24) is 0 Å². The third-order valence-corrected chi connectivity index (χ3v) is 2.19. The van der Waals surface area contributed by atoms with Crippen LogP contribution in [0.25, 0.3) is 0 Å². The van der Waals surface area contributed by atoms with Crippen LogP contribution in [0.3, 0.4) is 0 Å². The van der Waals surface area contributed by atoms with E-state index >= 15 is 0 Å². The lowest BCUT2D eigenvalue weighted by Gasteiger charge is -2.25. The summed E-state index contributed by atoms with van der Waals surface area (Å²) < 4.78 is 0. The number of nitrogens with one attached hydrogen (secondary N) is 1. The number of nitriles is 2. The molecule has 68 valence electrons. The highest BCUT2D eigenvalue weighted by Gasteiger charge is 2.15. The summed E-state index contributed by atoms with van der Waals surface area (Å²) in [4.78, 5) is 1.59. The van der Waals surface area contributed by atoms with Crippen LogP contribution >= 0.6 is 0 Å². The first kappa shape index (κ1) is 8.40. The molecule has 1 aliphatic heterocycles. The Morgan fingerprint density at radius 3 is 2.93 bits per heavy atom. The van der Waals surface area contributed by atoms with Crippen LogP contribution in [0.1, 0.15) is 5.56 Å². The van der Waals surface area contributed by atoms with Gasteiger partial charge in [-0.2, -0.15) is 10.5 Å². The minimum atomic E-state index is 0.577. The molecule has 0 spiro atoms. The summed E-state index contributed by atoms with van der Waals surface area (Å²) in [7, 11) is 0. The number of rotatable bonds is 0. The standard InChI is InChI=1S/C10H8N4/c11-6-8-1-2-9-10(5-8)14(7-12)4-3-13-9/h1-2,5,13H,3-4H2. The summed E-state index contributed by atoms with van der Waals surface area (Å²) in [6, 6.07) is 7.36. The van der Waals surface area contributed by atoms with Gasteiger partial charge in [-0.25, -0.2) is 0 Å². The van der Waals surface area contributed by atoms with Crippen LogP contribution in [-0.4, -0.2) is 13.1 Å². The van der Waals surface area contributed by atoms with Gasteiger partial charge >= 0.3 is 0 Å². The molecule has 1 aromatic carbocycles. The lowest BCUT2D eigenvalue weighted by molar-refractivity contribution is 0.928. The van der Waals surface area contributed by atoms with Gasteiger partial charge in [0, 0.05) is 6.54 Å². The van der Waals surface area contributed by atoms with E-state index in [4.69, 9.17) is 10.5 Å². The zero-order chi connectivity index (χ0) is 9.97. The van der Waals surface area contributed by atoms with E-state index < -0.39 is 0 Å². The second-order valence-corrected chi connectivity index (χ2v) is 3.02. The van der Waals surface area contributed by atoms with Crippen molar-refractivity contribution in [3.05, 3.63) is 23.8 Å². The molecule has 0 amide bonds. The van der Waals surface area contributed by atoms with E-state index in [1.807, 2.05) is 6.07 Å². The van der Waals surface area contributed by atoms with Gasteiger partial charge in [0.05, 0.1) is 29.6 Å². The molecule has 1 aromatic rings. The number of hydrogen-bond acceptors (Lipinski definition) is 4. The van der Waals surface area contributed by atoms with Crippen LogP contribution < -0.4 is 10.2 Å². The molecule has 4 heteroatoms. The fourth-order valence-electron chi connectivity index (χ4n) is 1.50. The number of anilines is 2. The van der Waals surface area contributed by atoms with Gasteiger partial charge in [-0.05, 0) is 18.2 Å². The van der Waals surface area contributed by atoms with E-state index in [1.165, 1.54) is 0 Å². The Hall–Kier alpha value is -2.20. The highest BCUT2D eigenvalue weighted by Crippen LogP contribution is 2.29. The maximum atomic E-state index is 8.87. The Bertz CT molecular complexity index is 438. The topological polar surface area (TPSA) is 62.9 Å². The highest BCUT2D eigenvalue weighted by atomic mass is 15.2. The van der Waals surface area contributed by atoms with Crippen LogP contribution in [0, 0.1) is 22.8 Å². The van der Waals surface area contributed by atoms with Crippen molar-refractivity contribution in [1.29, 1.82) is 10.5 Å². The van der Waals surface area contributed by atoms with Gasteiger partial charge in [0.2, 0.25) is 0 Å². The summed E-state index contributed by atoms with van der Waals surface area (Å²) in [6.45, 7) is 1.41. The average molecular weight is 184 g/mol. The summed E-state index contributed by atoms with van der Waals surface area (Å²) in [6.07, 6.45) is 2.10. The van der Waals surface area contributed by atoms with Crippen molar-refractivity contribution in [2.75, 3.05) is 23.3 Å². The van der Waals surface area contributed by atoms with E-state index in [-0.39, 0.29) is 0 Å². The SMILES string of the molecule is N#Cc1ccc2c(c1)N(C#N)CCN2. The van der Waals surface area contributed by atoms with Crippen LogP contribution in [0.15, 0.2) is 18.2 Å². The normalized spacial score (nSPS) is 13.4. The maximum Gasteiger partial charge on any atom is 0.184 e. The Balaban J connectivity index is 2.51. The molecule has 0 fully saturated rings. The van der Waals surface area contributed by atoms with E-state index in [2.05, 4.69) is 17.6 Å². The molecular formula is C10H8N4. The number of fused-ring (bicyclic) bond motifs is 1. The van der Waals surface area contributed by atoms with Gasteiger partial charge in [-0.3, -0.25) is 4.90 Å². The predicted molar refractivity (Wildman–Crippen MR) is 52.6 cm³/mol. The molecule has 0 radical (unpaired) electrons. The summed E-state index contributed by atoms with van der Waals surface area (Å²) >= 11 is 0. The van der Waals surface area contributed by atoms with Crippen LogP contribution in [0.5, 0.6) is 0 Å². The smallest absolute Gasteiger partial charge is 0.184 e. The lowest BCUT2D eigenvalue weighted by Crippen LogP contribution is -2.29. The van der Waals surface area contributed by atoms with Gasteiger partial charge in [0.1, 0.15) is 0 Å². The van der Waals surface area contributed by atoms with E-state index in [0.29, 0.717) is 12.1 Å². The van der Waals surface area contributed by atoms with E-state index in [9.17, 15) is 0 Å². The third kappa shape index (κ3) is 1.23. The molecule has 14 heavy (non-hydrogen) atoms. The molecule has 0 bridgehead atoms. The third-order valence-electron chi connectivity index (χ3n) is 2.19. The largest absolute Gasteiger partial charge is 0.382 e. The Kier molecular flexibility index (Phi) is 1.96. The fourth-order valence-corrected chi connectivity index (χ4v) is 1.50. The molecule has 0 saturated heterocycles. The molecule has 1 N–H and O–H groups in total. The first-order chi connectivity index (χ1) is 6.85. The Morgan fingerprint density at radius 1 is 1.36 bits per heavy atom. The molecule has 4 nitrogen and oxygen atoms in total. The minimum absolute atomic E-state index is 0.577. The number of nitrogens with zero attached hydrogens (tertiary/aromatic N) is 3. The fraction of sp³-hybridized carbons (Fsp3) is 0.200. The zero-order valence-corrected chi connectivity index (χ0v) is 7.49. The molecular weight excluding hydrogens is 176 g/mol. The van der Waals surface area contributed by atoms with Crippen LogP contribution in [-0.2, 0) is 0 Å². The molecule has 1 aliphatic rings. The molecule has 2 rings (SSSR count). The van der Waals surface area contributed by atoms with Crippen molar-refractivity contribution < 1.29 is 0 Å². The second-order valence-electron chi connectivity index (χ2n) is 3.02. The number of benzene rings is 1. The molecule has 0 aliphatic carbocycles. The van der Waals surface area contributed by atoms with E-state index in [1.54, 1.807) is 17.0 Å². The van der Waals surface area contributed by atoms with Crippen molar-refractivity contribution in [2.24, 2.45) is 0 Å². The van der Waals surface area contributed by atoms with Gasteiger partial charge in [0.15, 0.2) is 6.19 Å². The molecule has 0 saturated carbocycles. The summed E-state index contributed by atoms with van der Waals surface area (Å²) in [5, 5.41) is 20.8. The van der Waals surface area contributed by atoms with E-state index in [0.717, 1.165) is 17.9 Å². The van der Waals surface area contributed by atoms with Crippen molar-refractivity contribution in [3.63, 3.8) is 0 Å². The zero-order valence-electron chi connectivity index (χ0n) is 7.49. The molecule has 1 heterocycles. The first-order valence-electron chi connectivity index (χ1n) is 4.30. The quantitative estimate of drug-likeness (QED) is 0.617. The summed E-state index contributed by atoms with van der Waals surface area (Å²) in [5.74, 6) is 0. The Morgan fingerprint density at radius 2 is 2.21 bits per heavy atom. The second kappa shape index (κ2) is 3.27. The average Bonchev–Trinajstić information content (AvgIpc) is 2.27. The van der Waals surface area contributed by atoms with Crippen LogP contribution in [0.2, 0.25) is 0 Å². The van der Waals surface area contributed by atoms with Crippen molar-refractivity contribution in [2.45, 2.75) is 0 Å². The van der Waals surface area contributed by atoms with Crippen molar-refractivity contribution in [3.8, 4) is 12.3 Å². The van der Waals surface area contributed by atoms with Gasteiger partial charge in [-0.15, -0.1) is 0 Å². The van der Waals surface area contributed by atoms with Crippen molar-refractivity contribution >= 4 is 11.4 Å². The van der Waals surface area contributed by atoms with Gasteiger partial charge < -0.3 is 5.32 Å². The predicted octanol–water partition coefficient (Wildman–Crippen LogP) is 1.27. The van der Waals surface area contributed by atoms with Crippen LogP contribution in [0.4, 0.5) is 11.4 Å². The molecule has 0 atom stereocenters. The monoisotopic (exact) mass is 184 g/mol.